The summed E-state index contributed by atoms with van der Waals surface area (Å²) in [5.74, 6) is 0.729. The Morgan fingerprint density at radius 2 is 1.81 bits per heavy atom. The summed E-state index contributed by atoms with van der Waals surface area (Å²) in [7, 11) is 2.99. The molecule has 2 rings (SSSR count). The number of ether oxygens (including phenoxy) is 2. The van der Waals surface area contributed by atoms with Gasteiger partial charge in [0.2, 0.25) is 5.91 Å². The lowest BCUT2D eigenvalue weighted by molar-refractivity contribution is -0.384. The molecule has 9 heteroatoms. The second kappa shape index (κ2) is 9.63. The number of amides is 1. The van der Waals surface area contributed by atoms with Crippen LogP contribution < -0.4 is 20.1 Å². The van der Waals surface area contributed by atoms with Crippen LogP contribution in [0.25, 0.3) is 0 Å². The summed E-state index contributed by atoms with van der Waals surface area (Å²) in [6.45, 7) is 0.547. The van der Waals surface area contributed by atoms with Crippen LogP contribution in [0.15, 0.2) is 36.4 Å². The van der Waals surface area contributed by atoms with E-state index in [4.69, 9.17) is 21.1 Å². The second-order valence-electron chi connectivity index (χ2n) is 5.57. The highest BCUT2D eigenvalue weighted by Gasteiger charge is 2.12. The van der Waals surface area contributed by atoms with Crippen molar-refractivity contribution in [2.24, 2.45) is 0 Å². The molecule has 1 amide bonds. The number of hydrogen-bond acceptors (Lipinski definition) is 6. The zero-order valence-electron chi connectivity index (χ0n) is 15.0. The van der Waals surface area contributed by atoms with E-state index in [1.807, 2.05) is 0 Å². The Morgan fingerprint density at radius 3 is 2.41 bits per heavy atom. The van der Waals surface area contributed by atoms with Crippen molar-refractivity contribution >= 4 is 34.6 Å². The highest BCUT2D eigenvalue weighted by atomic mass is 35.5. The number of nitro benzene ring substituents is 1. The van der Waals surface area contributed by atoms with Crippen LogP contribution >= 0.6 is 11.6 Å². The van der Waals surface area contributed by atoms with E-state index >= 15 is 0 Å². The minimum Gasteiger partial charge on any atom is -0.495 e. The van der Waals surface area contributed by atoms with Crippen molar-refractivity contribution in [3.8, 4) is 11.5 Å². The number of nitrogens with zero attached hydrogens (tertiary/aromatic N) is 1. The Hall–Kier alpha value is -3.00. The normalized spacial score (nSPS) is 10.2. The molecule has 0 saturated heterocycles. The molecule has 0 fully saturated rings. The van der Waals surface area contributed by atoms with Crippen molar-refractivity contribution in [2.75, 3.05) is 31.4 Å². The molecule has 0 radical (unpaired) electrons. The first-order valence-corrected chi connectivity index (χ1v) is 8.52. The van der Waals surface area contributed by atoms with Gasteiger partial charge in [0.1, 0.15) is 11.5 Å². The summed E-state index contributed by atoms with van der Waals surface area (Å²) in [6, 6.07) is 9.29. The predicted octanol–water partition coefficient (Wildman–Crippen LogP) is 4.10. The number of benzene rings is 2. The van der Waals surface area contributed by atoms with Gasteiger partial charge in [-0.05, 0) is 24.6 Å². The van der Waals surface area contributed by atoms with E-state index in [9.17, 15) is 14.9 Å². The average molecular weight is 394 g/mol. The van der Waals surface area contributed by atoms with Gasteiger partial charge in [0.25, 0.3) is 5.69 Å². The smallest absolute Gasteiger partial charge is 0.269 e. The van der Waals surface area contributed by atoms with Gasteiger partial charge in [-0.1, -0.05) is 11.6 Å². The summed E-state index contributed by atoms with van der Waals surface area (Å²) < 4.78 is 10.4. The first-order valence-electron chi connectivity index (χ1n) is 8.14. The molecule has 0 atom stereocenters. The maximum Gasteiger partial charge on any atom is 0.269 e. The highest BCUT2D eigenvalue weighted by molar-refractivity contribution is 6.32. The highest BCUT2D eigenvalue weighted by Crippen LogP contribution is 2.35. The zero-order chi connectivity index (χ0) is 19.8. The van der Waals surface area contributed by atoms with Crippen molar-refractivity contribution in [1.82, 2.24) is 0 Å². The largest absolute Gasteiger partial charge is 0.495 e. The van der Waals surface area contributed by atoms with Crippen molar-refractivity contribution in [1.29, 1.82) is 0 Å². The first-order chi connectivity index (χ1) is 12.9. The number of carbonyl (C=O) groups is 1. The minimum atomic E-state index is -0.451. The van der Waals surface area contributed by atoms with Crippen LogP contribution in [0.3, 0.4) is 0 Å². The van der Waals surface area contributed by atoms with Gasteiger partial charge in [0.15, 0.2) is 0 Å². The maximum atomic E-state index is 12.1. The van der Waals surface area contributed by atoms with Gasteiger partial charge in [-0.25, -0.2) is 0 Å². The third-order valence-electron chi connectivity index (χ3n) is 3.74. The van der Waals surface area contributed by atoms with Crippen molar-refractivity contribution in [3.05, 3.63) is 51.5 Å². The Bertz CT molecular complexity index is 811. The fraction of sp³-hybridized carbons (Fsp3) is 0.278. The minimum absolute atomic E-state index is 0.0343. The molecule has 0 saturated carbocycles. The van der Waals surface area contributed by atoms with Crippen LogP contribution in [0, 0.1) is 10.1 Å². The monoisotopic (exact) mass is 393 g/mol. The lowest BCUT2D eigenvalue weighted by Gasteiger charge is -2.13. The molecule has 27 heavy (non-hydrogen) atoms. The van der Waals surface area contributed by atoms with E-state index in [0.717, 1.165) is 5.69 Å². The molecule has 0 aromatic heterocycles. The molecule has 0 aliphatic rings. The van der Waals surface area contributed by atoms with Gasteiger partial charge in [-0.2, -0.15) is 0 Å². The van der Waals surface area contributed by atoms with Gasteiger partial charge in [0.05, 0.1) is 29.9 Å². The molecule has 144 valence electrons. The van der Waals surface area contributed by atoms with Crippen molar-refractivity contribution in [2.45, 2.75) is 12.8 Å². The number of methoxy groups -OCH3 is 2. The topological polar surface area (TPSA) is 103 Å². The van der Waals surface area contributed by atoms with Crippen LogP contribution in [0.5, 0.6) is 11.5 Å². The number of nitro groups is 1. The molecule has 0 spiro atoms. The van der Waals surface area contributed by atoms with E-state index < -0.39 is 4.92 Å². The molecule has 0 aliphatic carbocycles. The predicted molar refractivity (Wildman–Crippen MR) is 104 cm³/mol. The van der Waals surface area contributed by atoms with Crippen molar-refractivity contribution in [3.63, 3.8) is 0 Å². The first kappa shape index (κ1) is 20.3. The second-order valence-corrected chi connectivity index (χ2v) is 5.98. The third kappa shape index (κ3) is 5.75. The SMILES string of the molecule is COc1cc(OC)c(NC(=O)CCCNc2ccc([N+](=O)[O-])cc2)cc1Cl. The molecule has 2 N–H and O–H groups in total. The number of rotatable bonds is 9. The van der Waals surface area contributed by atoms with E-state index in [2.05, 4.69) is 10.6 Å². The Balaban J connectivity index is 1.82. The molecule has 0 heterocycles. The van der Waals surface area contributed by atoms with E-state index in [1.54, 1.807) is 24.3 Å². The van der Waals surface area contributed by atoms with E-state index in [1.165, 1.54) is 26.4 Å². The van der Waals surface area contributed by atoms with Gasteiger partial charge in [-0.3, -0.25) is 14.9 Å². The van der Waals surface area contributed by atoms with Gasteiger partial charge >= 0.3 is 0 Å². The van der Waals surface area contributed by atoms with Gasteiger partial charge in [-0.15, -0.1) is 0 Å². The Morgan fingerprint density at radius 1 is 1.15 bits per heavy atom. The summed E-state index contributed by atoms with van der Waals surface area (Å²) >= 11 is 6.08. The number of hydrogen-bond donors (Lipinski definition) is 2. The average Bonchev–Trinajstić information content (AvgIpc) is 2.66. The number of halogens is 1. The fourth-order valence-electron chi connectivity index (χ4n) is 2.35. The molecule has 8 nitrogen and oxygen atoms in total. The summed E-state index contributed by atoms with van der Waals surface area (Å²) in [5.41, 5.74) is 1.26. The number of non-ortho nitro benzene ring substituents is 1. The molecule has 2 aromatic carbocycles. The van der Waals surface area contributed by atoms with Crippen LogP contribution in [-0.4, -0.2) is 31.6 Å². The lowest BCUT2D eigenvalue weighted by Crippen LogP contribution is -2.14. The van der Waals surface area contributed by atoms with Crippen LogP contribution in [0.1, 0.15) is 12.8 Å². The standard InChI is InChI=1S/C18H20ClN3O5/c1-26-16-11-17(27-2)15(10-14(16)19)21-18(23)4-3-9-20-12-5-7-13(8-6-12)22(24)25/h5-8,10-11,20H,3-4,9H2,1-2H3,(H,21,23). The summed E-state index contributed by atoms with van der Waals surface area (Å²) in [4.78, 5) is 22.3. The summed E-state index contributed by atoms with van der Waals surface area (Å²) in [5, 5.41) is 16.9. The Labute approximate surface area is 161 Å². The quantitative estimate of drug-likeness (QED) is 0.378. The number of anilines is 2. The van der Waals surface area contributed by atoms with Gasteiger partial charge < -0.3 is 20.1 Å². The lowest BCUT2D eigenvalue weighted by atomic mass is 10.2. The molecule has 0 aliphatic heterocycles. The van der Waals surface area contributed by atoms with E-state index in [-0.39, 0.29) is 18.0 Å². The molecular formula is C18H20ClN3O5. The molecule has 0 unspecified atom stereocenters. The number of carbonyl (C=O) groups excluding carboxylic acids is 1. The van der Waals surface area contributed by atoms with Crippen molar-refractivity contribution < 1.29 is 19.2 Å². The number of nitrogens with one attached hydrogen (secondary N) is 2. The fourth-order valence-corrected chi connectivity index (χ4v) is 2.59. The van der Waals surface area contributed by atoms with E-state index in [0.29, 0.717) is 35.2 Å². The zero-order valence-corrected chi connectivity index (χ0v) is 15.7. The van der Waals surface area contributed by atoms with Crippen LogP contribution in [0.2, 0.25) is 5.02 Å². The van der Waals surface area contributed by atoms with Crippen LogP contribution in [0.4, 0.5) is 17.1 Å². The molecule has 2 aromatic rings. The van der Waals surface area contributed by atoms with Crippen LogP contribution in [-0.2, 0) is 4.79 Å². The Kier molecular flexibility index (Phi) is 7.25. The summed E-state index contributed by atoms with van der Waals surface area (Å²) in [6.07, 6.45) is 0.863. The molecular weight excluding hydrogens is 374 g/mol. The molecule has 0 bridgehead atoms. The maximum absolute atomic E-state index is 12.1. The van der Waals surface area contributed by atoms with Gasteiger partial charge in [0, 0.05) is 36.9 Å². The third-order valence-corrected chi connectivity index (χ3v) is 4.03.